The van der Waals surface area contributed by atoms with Gasteiger partial charge in [0, 0.05) is 22.8 Å². The molecule has 3 heteroatoms. The number of ketones is 1. The topological polar surface area (TPSA) is 30.0 Å². The quantitative estimate of drug-likeness (QED) is 0.776. The number of aryl methyl sites for hydroxylation is 3. The van der Waals surface area contributed by atoms with Gasteiger partial charge in [-0.2, -0.15) is 0 Å². The molecule has 0 N–H and O–H groups in total. The molecular weight excluding hydrogens is 266 g/mol. The Morgan fingerprint density at radius 3 is 2.85 bits per heavy atom. The summed E-state index contributed by atoms with van der Waals surface area (Å²) in [6.45, 7) is 4.14. The van der Waals surface area contributed by atoms with Gasteiger partial charge in [-0.05, 0) is 38.7 Å². The first kappa shape index (κ1) is 13.5. The minimum atomic E-state index is 0.101. The van der Waals surface area contributed by atoms with Crippen LogP contribution >= 0.6 is 11.3 Å². The Kier molecular flexibility index (Phi) is 3.70. The Hall–Kier alpha value is -1.48. The smallest absolute Gasteiger partial charge is 0.166 e. The molecule has 1 aliphatic rings. The predicted molar refractivity (Wildman–Crippen MR) is 82.5 cm³/mol. The molecule has 0 fully saturated rings. The summed E-state index contributed by atoms with van der Waals surface area (Å²) in [7, 11) is 0. The minimum absolute atomic E-state index is 0.101. The van der Waals surface area contributed by atoms with Crippen LogP contribution in [0.1, 0.15) is 44.3 Å². The monoisotopic (exact) mass is 285 g/mol. The first-order valence-electron chi connectivity index (χ1n) is 7.20. The molecule has 104 valence electrons. The average Bonchev–Trinajstić information content (AvgIpc) is 2.66. The van der Waals surface area contributed by atoms with Crippen LogP contribution < -0.4 is 0 Å². The van der Waals surface area contributed by atoms with Crippen molar-refractivity contribution in [3.8, 4) is 0 Å². The maximum Gasteiger partial charge on any atom is 0.166 e. The van der Waals surface area contributed by atoms with Crippen LogP contribution in [0.15, 0.2) is 24.3 Å². The SMILES string of the molecule is Cc1nc(CC2CCCc3ccccc3C2=O)sc1C. The minimum Gasteiger partial charge on any atom is -0.294 e. The lowest BCUT2D eigenvalue weighted by molar-refractivity contribution is 0.0915. The number of thiazole rings is 1. The number of aromatic nitrogens is 1. The zero-order valence-electron chi connectivity index (χ0n) is 12.0. The lowest BCUT2D eigenvalue weighted by Gasteiger charge is -2.11. The van der Waals surface area contributed by atoms with Crippen LogP contribution in [0, 0.1) is 19.8 Å². The molecule has 3 rings (SSSR count). The van der Waals surface area contributed by atoms with Gasteiger partial charge in [0.1, 0.15) is 0 Å². The van der Waals surface area contributed by atoms with Gasteiger partial charge in [-0.25, -0.2) is 4.98 Å². The van der Waals surface area contributed by atoms with Gasteiger partial charge in [0.15, 0.2) is 5.78 Å². The van der Waals surface area contributed by atoms with Crippen LogP contribution in [-0.4, -0.2) is 10.8 Å². The second kappa shape index (κ2) is 5.49. The first-order valence-corrected chi connectivity index (χ1v) is 8.02. The first-order chi connectivity index (χ1) is 9.65. The second-order valence-electron chi connectivity index (χ2n) is 5.56. The molecule has 0 radical (unpaired) electrons. The van der Waals surface area contributed by atoms with E-state index < -0.39 is 0 Å². The molecule has 1 aromatic heterocycles. The van der Waals surface area contributed by atoms with E-state index in [2.05, 4.69) is 18.0 Å². The molecule has 0 saturated heterocycles. The predicted octanol–water partition coefficient (Wildman–Crippen LogP) is 4.14. The normalized spacial score (nSPS) is 18.7. The second-order valence-corrected chi connectivity index (χ2v) is 6.85. The summed E-state index contributed by atoms with van der Waals surface area (Å²) in [5.74, 6) is 0.409. The van der Waals surface area contributed by atoms with Crippen LogP contribution in [0.2, 0.25) is 0 Å². The van der Waals surface area contributed by atoms with Gasteiger partial charge in [0.25, 0.3) is 0 Å². The zero-order valence-corrected chi connectivity index (χ0v) is 12.8. The molecular formula is C17H19NOS. The molecule has 0 saturated carbocycles. The Labute approximate surface area is 123 Å². The summed E-state index contributed by atoms with van der Waals surface area (Å²) in [4.78, 5) is 18.6. The van der Waals surface area contributed by atoms with Gasteiger partial charge in [-0.15, -0.1) is 11.3 Å². The Bertz CT molecular complexity index is 625. The van der Waals surface area contributed by atoms with Gasteiger partial charge in [0.05, 0.1) is 10.7 Å². The maximum absolute atomic E-state index is 12.7. The van der Waals surface area contributed by atoms with Crippen LogP contribution in [0.4, 0.5) is 0 Å². The van der Waals surface area contributed by atoms with E-state index in [0.717, 1.165) is 41.9 Å². The number of fused-ring (bicyclic) bond motifs is 1. The third-order valence-electron chi connectivity index (χ3n) is 4.15. The van der Waals surface area contributed by atoms with Crippen molar-refractivity contribution in [2.24, 2.45) is 5.92 Å². The fourth-order valence-electron chi connectivity index (χ4n) is 2.90. The van der Waals surface area contributed by atoms with Crippen molar-refractivity contribution in [1.29, 1.82) is 0 Å². The van der Waals surface area contributed by atoms with E-state index in [-0.39, 0.29) is 5.92 Å². The van der Waals surface area contributed by atoms with Crippen molar-refractivity contribution >= 4 is 17.1 Å². The van der Waals surface area contributed by atoms with Gasteiger partial charge in [0.2, 0.25) is 0 Å². The van der Waals surface area contributed by atoms with E-state index in [0.29, 0.717) is 5.78 Å². The van der Waals surface area contributed by atoms with Crippen molar-refractivity contribution in [3.63, 3.8) is 0 Å². The molecule has 0 spiro atoms. The standard InChI is InChI=1S/C17H19NOS/c1-11-12(2)20-16(18-11)10-14-8-5-7-13-6-3-4-9-15(13)17(14)19/h3-4,6,9,14H,5,7-8,10H2,1-2H3. The van der Waals surface area contributed by atoms with Crippen molar-refractivity contribution in [2.75, 3.05) is 0 Å². The summed E-state index contributed by atoms with van der Waals surface area (Å²) < 4.78 is 0. The van der Waals surface area contributed by atoms with Gasteiger partial charge in [-0.1, -0.05) is 24.3 Å². The largest absolute Gasteiger partial charge is 0.294 e. The lowest BCUT2D eigenvalue weighted by Crippen LogP contribution is -2.16. The third kappa shape index (κ3) is 2.55. The summed E-state index contributed by atoms with van der Waals surface area (Å²) in [6, 6.07) is 8.07. The number of Topliss-reactive ketones (excluding diaryl/α,β-unsaturated/α-hetero) is 1. The maximum atomic E-state index is 12.7. The summed E-state index contributed by atoms with van der Waals surface area (Å²) in [5.41, 5.74) is 3.25. The van der Waals surface area contributed by atoms with E-state index in [1.165, 1.54) is 10.4 Å². The van der Waals surface area contributed by atoms with Crippen molar-refractivity contribution in [3.05, 3.63) is 51.0 Å². The molecule has 1 aromatic carbocycles. The highest BCUT2D eigenvalue weighted by Crippen LogP contribution is 2.28. The molecule has 20 heavy (non-hydrogen) atoms. The van der Waals surface area contributed by atoms with Crippen molar-refractivity contribution in [1.82, 2.24) is 4.98 Å². The highest BCUT2D eigenvalue weighted by molar-refractivity contribution is 7.11. The number of rotatable bonds is 2. The summed E-state index contributed by atoms with van der Waals surface area (Å²) in [5, 5.41) is 1.11. The molecule has 1 aliphatic carbocycles. The Morgan fingerprint density at radius 1 is 1.30 bits per heavy atom. The van der Waals surface area contributed by atoms with E-state index in [9.17, 15) is 4.79 Å². The highest BCUT2D eigenvalue weighted by Gasteiger charge is 2.26. The molecule has 2 nitrogen and oxygen atoms in total. The summed E-state index contributed by atoms with van der Waals surface area (Å²) >= 11 is 1.73. The molecule has 1 heterocycles. The molecule has 1 unspecified atom stereocenters. The molecule has 1 atom stereocenters. The Balaban J connectivity index is 1.86. The fourth-order valence-corrected chi connectivity index (χ4v) is 3.91. The van der Waals surface area contributed by atoms with E-state index >= 15 is 0 Å². The molecule has 0 amide bonds. The number of nitrogens with zero attached hydrogens (tertiary/aromatic N) is 1. The van der Waals surface area contributed by atoms with Crippen molar-refractivity contribution in [2.45, 2.75) is 39.5 Å². The highest BCUT2D eigenvalue weighted by atomic mass is 32.1. The van der Waals surface area contributed by atoms with Crippen molar-refractivity contribution < 1.29 is 4.79 Å². The van der Waals surface area contributed by atoms with Crippen LogP contribution in [0.3, 0.4) is 0 Å². The molecule has 2 aromatic rings. The van der Waals surface area contributed by atoms with Crippen LogP contribution in [0.5, 0.6) is 0 Å². The molecule has 0 bridgehead atoms. The van der Waals surface area contributed by atoms with Gasteiger partial charge >= 0.3 is 0 Å². The lowest BCUT2D eigenvalue weighted by atomic mass is 9.92. The number of benzene rings is 1. The molecule has 0 aliphatic heterocycles. The number of hydrogen-bond acceptors (Lipinski definition) is 3. The number of hydrogen-bond donors (Lipinski definition) is 0. The summed E-state index contributed by atoms with van der Waals surface area (Å²) in [6.07, 6.45) is 3.89. The number of carbonyl (C=O) groups is 1. The van der Waals surface area contributed by atoms with Crippen LogP contribution in [-0.2, 0) is 12.8 Å². The van der Waals surface area contributed by atoms with Gasteiger partial charge in [-0.3, -0.25) is 4.79 Å². The van der Waals surface area contributed by atoms with E-state index in [1.807, 2.05) is 25.1 Å². The van der Waals surface area contributed by atoms with Crippen LogP contribution in [0.25, 0.3) is 0 Å². The van der Waals surface area contributed by atoms with E-state index in [4.69, 9.17) is 0 Å². The number of carbonyl (C=O) groups excluding carboxylic acids is 1. The Morgan fingerprint density at radius 2 is 2.10 bits per heavy atom. The average molecular weight is 285 g/mol. The van der Waals surface area contributed by atoms with Gasteiger partial charge < -0.3 is 0 Å². The van der Waals surface area contributed by atoms with E-state index in [1.54, 1.807) is 11.3 Å². The third-order valence-corrected chi connectivity index (χ3v) is 5.24. The fraction of sp³-hybridized carbons (Fsp3) is 0.412. The zero-order chi connectivity index (χ0) is 14.1.